The maximum atomic E-state index is 9.52. The fourth-order valence-corrected chi connectivity index (χ4v) is 2.38. The van der Waals surface area contributed by atoms with Crippen LogP contribution in [0.15, 0.2) is 0 Å². The molecule has 78 valence electrons. The Morgan fingerprint density at radius 3 is 2.86 bits per heavy atom. The van der Waals surface area contributed by atoms with Gasteiger partial charge in [-0.2, -0.15) is 5.26 Å². The van der Waals surface area contributed by atoms with E-state index in [0.717, 1.165) is 32.5 Å². The van der Waals surface area contributed by atoms with Gasteiger partial charge in [0.15, 0.2) is 0 Å². The van der Waals surface area contributed by atoms with Crippen LogP contribution in [0.4, 0.5) is 0 Å². The Hall–Kier alpha value is -0.590. The Balaban J connectivity index is 1.82. The van der Waals surface area contributed by atoms with Gasteiger partial charge in [0.25, 0.3) is 0 Å². The monoisotopic (exact) mass is 194 g/mol. The largest absolute Gasteiger partial charge is 0.392 e. The van der Waals surface area contributed by atoms with Crippen molar-refractivity contribution in [2.75, 3.05) is 19.6 Å². The molecule has 2 rings (SSSR count). The van der Waals surface area contributed by atoms with Crippen molar-refractivity contribution >= 4 is 0 Å². The summed E-state index contributed by atoms with van der Waals surface area (Å²) in [5, 5.41) is 18.2. The van der Waals surface area contributed by atoms with E-state index < -0.39 is 0 Å². The van der Waals surface area contributed by atoms with Gasteiger partial charge in [0, 0.05) is 19.5 Å². The number of hydrogen-bond donors (Lipinski definition) is 1. The normalized spacial score (nSPS) is 31.0. The van der Waals surface area contributed by atoms with Gasteiger partial charge in [-0.1, -0.05) is 0 Å². The molecular formula is C11H18N2O. The van der Waals surface area contributed by atoms with Crippen LogP contribution in [0.3, 0.4) is 0 Å². The van der Waals surface area contributed by atoms with Gasteiger partial charge in [0.05, 0.1) is 12.2 Å². The second kappa shape index (κ2) is 3.88. The van der Waals surface area contributed by atoms with Crippen molar-refractivity contribution in [3.05, 3.63) is 0 Å². The highest BCUT2D eigenvalue weighted by Gasteiger charge is 2.43. The summed E-state index contributed by atoms with van der Waals surface area (Å²) in [6, 6.07) is 2.28. The van der Waals surface area contributed by atoms with Gasteiger partial charge in [-0.05, 0) is 37.6 Å². The standard InChI is InChI=1S/C11H18N2O/c12-6-5-11(3-4-11)9-13-7-1-2-10(14)8-13/h10,14H,1-5,7-9H2/t10-/m0/s1. The predicted molar refractivity (Wildman–Crippen MR) is 53.6 cm³/mol. The molecule has 0 radical (unpaired) electrons. The highest BCUT2D eigenvalue weighted by Crippen LogP contribution is 2.49. The molecule has 0 amide bonds. The third-order valence-corrected chi connectivity index (χ3v) is 3.45. The summed E-state index contributed by atoms with van der Waals surface area (Å²) in [7, 11) is 0. The topological polar surface area (TPSA) is 47.3 Å². The minimum atomic E-state index is -0.137. The minimum Gasteiger partial charge on any atom is -0.392 e. The Labute approximate surface area is 85.3 Å². The molecule has 1 saturated heterocycles. The van der Waals surface area contributed by atoms with E-state index in [2.05, 4.69) is 11.0 Å². The van der Waals surface area contributed by atoms with Crippen LogP contribution in [-0.4, -0.2) is 35.7 Å². The molecule has 3 heteroatoms. The summed E-state index contributed by atoms with van der Waals surface area (Å²) in [6.45, 7) is 2.94. The zero-order chi connectivity index (χ0) is 10.0. The molecule has 0 aromatic heterocycles. The average Bonchev–Trinajstić information content (AvgIpc) is 2.85. The number of rotatable bonds is 3. The molecule has 1 N–H and O–H groups in total. The minimum absolute atomic E-state index is 0.137. The van der Waals surface area contributed by atoms with E-state index >= 15 is 0 Å². The first kappa shape index (κ1) is 9.95. The van der Waals surface area contributed by atoms with E-state index in [1.807, 2.05) is 0 Å². The summed E-state index contributed by atoms with van der Waals surface area (Å²) in [6.07, 6.45) is 5.01. The maximum Gasteiger partial charge on any atom is 0.0667 e. The van der Waals surface area contributed by atoms with Crippen LogP contribution in [0.5, 0.6) is 0 Å². The van der Waals surface area contributed by atoms with Gasteiger partial charge < -0.3 is 10.0 Å². The van der Waals surface area contributed by atoms with Gasteiger partial charge in [-0.3, -0.25) is 0 Å². The van der Waals surface area contributed by atoms with Gasteiger partial charge in [0.2, 0.25) is 0 Å². The van der Waals surface area contributed by atoms with Crippen molar-refractivity contribution in [3.63, 3.8) is 0 Å². The maximum absolute atomic E-state index is 9.52. The lowest BCUT2D eigenvalue weighted by Gasteiger charge is -2.32. The molecular weight excluding hydrogens is 176 g/mol. The van der Waals surface area contributed by atoms with Crippen LogP contribution < -0.4 is 0 Å². The van der Waals surface area contributed by atoms with Gasteiger partial charge in [0.1, 0.15) is 0 Å². The lowest BCUT2D eigenvalue weighted by molar-refractivity contribution is 0.0598. The number of β-amino-alcohol motifs (C(OH)–C–C–N with tert-alkyl or cyclic N) is 1. The van der Waals surface area contributed by atoms with Crippen LogP contribution in [0.2, 0.25) is 0 Å². The summed E-state index contributed by atoms with van der Waals surface area (Å²) in [5.41, 5.74) is 0.297. The average molecular weight is 194 g/mol. The van der Waals surface area contributed by atoms with Crippen LogP contribution in [0.25, 0.3) is 0 Å². The van der Waals surface area contributed by atoms with E-state index in [9.17, 15) is 5.11 Å². The molecule has 2 fully saturated rings. The van der Waals surface area contributed by atoms with Crippen molar-refractivity contribution in [2.24, 2.45) is 5.41 Å². The quantitative estimate of drug-likeness (QED) is 0.732. The molecule has 1 aliphatic carbocycles. The Bertz CT molecular complexity index is 242. The fourth-order valence-electron chi connectivity index (χ4n) is 2.38. The molecule has 0 spiro atoms. The number of piperidine rings is 1. The second-order valence-electron chi connectivity index (χ2n) is 4.87. The predicted octanol–water partition coefficient (Wildman–Crippen LogP) is 1.14. The SMILES string of the molecule is N#CCC1(CN2CCC[C@H](O)C2)CC1. The first-order valence-corrected chi connectivity index (χ1v) is 5.51. The molecule has 0 unspecified atom stereocenters. The third-order valence-electron chi connectivity index (χ3n) is 3.45. The van der Waals surface area contributed by atoms with Crippen molar-refractivity contribution in [1.82, 2.24) is 4.90 Å². The van der Waals surface area contributed by atoms with Crippen molar-refractivity contribution in [1.29, 1.82) is 5.26 Å². The number of likely N-dealkylation sites (tertiary alicyclic amines) is 1. The van der Waals surface area contributed by atoms with Crippen molar-refractivity contribution < 1.29 is 5.11 Å². The first-order chi connectivity index (χ1) is 6.74. The number of hydrogen-bond acceptors (Lipinski definition) is 3. The molecule has 0 aromatic carbocycles. The zero-order valence-corrected chi connectivity index (χ0v) is 8.58. The summed E-state index contributed by atoms with van der Waals surface area (Å²) in [4.78, 5) is 2.33. The number of nitriles is 1. The Kier molecular flexibility index (Phi) is 2.76. The number of aliphatic hydroxyl groups is 1. The van der Waals surface area contributed by atoms with E-state index in [0.29, 0.717) is 11.8 Å². The number of nitrogens with zero attached hydrogens (tertiary/aromatic N) is 2. The number of aliphatic hydroxyl groups excluding tert-OH is 1. The molecule has 0 bridgehead atoms. The van der Waals surface area contributed by atoms with Crippen LogP contribution in [0.1, 0.15) is 32.1 Å². The fraction of sp³-hybridized carbons (Fsp3) is 0.909. The van der Waals surface area contributed by atoms with Gasteiger partial charge in [-0.25, -0.2) is 0 Å². The summed E-state index contributed by atoms with van der Waals surface area (Å²) < 4.78 is 0. The molecule has 1 saturated carbocycles. The second-order valence-corrected chi connectivity index (χ2v) is 4.87. The van der Waals surface area contributed by atoms with Crippen LogP contribution in [-0.2, 0) is 0 Å². The van der Waals surface area contributed by atoms with E-state index in [1.165, 1.54) is 12.8 Å². The Morgan fingerprint density at radius 2 is 2.29 bits per heavy atom. The van der Waals surface area contributed by atoms with Crippen molar-refractivity contribution in [2.45, 2.75) is 38.2 Å². The van der Waals surface area contributed by atoms with Gasteiger partial charge in [-0.15, -0.1) is 0 Å². The molecule has 1 heterocycles. The summed E-state index contributed by atoms with van der Waals surface area (Å²) in [5.74, 6) is 0. The lowest BCUT2D eigenvalue weighted by atomic mass is 10.0. The molecule has 0 aromatic rings. The summed E-state index contributed by atoms with van der Waals surface area (Å²) >= 11 is 0. The van der Waals surface area contributed by atoms with E-state index in [4.69, 9.17) is 5.26 Å². The van der Waals surface area contributed by atoms with Crippen LogP contribution >= 0.6 is 0 Å². The highest BCUT2D eigenvalue weighted by atomic mass is 16.3. The molecule has 14 heavy (non-hydrogen) atoms. The van der Waals surface area contributed by atoms with Crippen LogP contribution in [0, 0.1) is 16.7 Å². The molecule has 1 atom stereocenters. The molecule has 3 nitrogen and oxygen atoms in total. The lowest BCUT2D eigenvalue weighted by Crippen LogP contribution is -2.41. The molecule has 1 aliphatic heterocycles. The highest BCUT2D eigenvalue weighted by molar-refractivity contribution is 5.01. The Morgan fingerprint density at radius 1 is 1.50 bits per heavy atom. The zero-order valence-electron chi connectivity index (χ0n) is 8.58. The van der Waals surface area contributed by atoms with E-state index in [-0.39, 0.29) is 6.10 Å². The smallest absolute Gasteiger partial charge is 0.0667 e. The first-order valence-electron chi connectivity index (χ1n) is 5.51. The molecule has 2 aliphatic rings. The third kappa shape index (κ3) is 2.26. The van der Waals surface area contributed by atoms with Crippen molar-refractivity contribution in [3.8, 4) is 6.07 Å². The van der Waals surface area contributed by atoms with Gasteiger partial charge >= 0.3 is 0 Å². The van der Waals surface area contributed by atoms with E-state index in [1.54, 1.807) is 0 Å².